The van der Waals surface area contributed by atoms with Gasteiger partial charge in [0.05, 0.1) is 6.54 Å². The van der Waals surface area contributed by atoms with E-state index >= 15 is 0 Å². The van der Waals surface area contributed by atoms with Gasteiger partial charge < -0.3 is 9.88 Å². The maximum atomic E-state index is 12.4. The Hall–Kier alpha value is -1.09. The standard InChI is InChI=1S/C17H28N2O/c1-5-12(2)18-11-17(20)16-10-13(3)19(14(16)4)15-8-6-7-9-15/h10,12,15,18H,5-9,11H2,1-4H3. The van der Waals surface area contributed by atoms with Gasteiger partial charge in [0.1, 0.15) is 0 Å². The zero-order chi connectivity index (χ0) is 14.7. The third-order valence-corrected chi connectivity index (χ3v) is 4.70. The van der Waals surface area contributed by atoms with E-state index in [1.165, 1.54) is 31.4 Å². The highest BCUT2D eigenvalue weighted by Gasteiger charge is 2.23. The number of nitrogens with zero attached hydrogens (tertiary/aromatic N) is 1. The zero-order valence-electron chi connectivity index (χ0n) is 13.3. The molecule has 1 fully saturated rings. The Balaban J connectivity index is 2.12. The minimum absolute atomic E-state index is 0.225. The summed E-state index contributed by atoms with van der Waals surface area (Å²) in [5.74, 6) is 0.225. The molecule has 1 saturated carbocycles. The van der Waals surface area contributed by atoms with Crippen LogP contribution in [0.25, 0.3) is 0 Å². The molecule has 1 aromatic rings. The van der Waals surface area contributed by atoms with E-state index in [4.69, 9.17) is 0 Å². The average Bonchev–Trinajstić information content (AvgIpc) is 3.03. The Bertz CT molecular complexity index is 470. The maximum absolute atomic E-state index is 12.4. The quantitative estimate of drug-likeness (QED) is 0.802. The van der Waals surface area contributed by atoms with Crippen molar-refractivity contribution in [3.8, 4) is 0 Å². The van der Waals surface area contributed by atoms with E-state index < -0.39 is 0 Å². The number of ketones is 1. The largest absolute Gasteiger partial charge is 0.345 e. The van der Waals surface area contributed by atoms with E-state index in [0.29, 0.717) is 18.6 Å². The van der Waals surface area contributed by atoms with Gasteiger partial charge in [-0.05, 0) is 46.1 Å². The van der Waals surface area contributed by atoms with Crippen LogP contribution in [0.15, 0.2) is 6.07 Å². The van der Waals surface area contributed by atoms with Gasteiger partial charge in [-0.1, -0.05) is 19.8 Å². The molecule has 2 rings (SSSR count). The lowest BCUT2D eigenvalue weighted by Gasteiger charge is -2.17. The van der Waals surface area contributed by atoms with Gasteiger partial charge in [0.15, 0.2) is 5.78 Å². The third-order valence-electron chi connectivity index (χ3n) is 4.70. The van der Waals surface area contributed by atoms with Gasteiger partial charge in [-0.25, -0.2) is 0 Å². The first kappa shape index (κ1) is 15.3. The second-order valence-electron chi connectivity index (χ2n) is 6.21. The number of carbonyl (C=O) groups is 1. The van der Waals surface area contributed by atoms with E-state index in [-0.39, 0.29) is 5.78 Å². The Morgan fingerprint density at radius 3 is 2.65 bits per heavy atom. The highest BCUT2D eigenvalue weighted by Crippen LogP contribution is 2.33. The van der Waals surface area contributed by atoms with Crippen molar-refractivity contribution in [3.63, 3.8) is 0 Å². The number of aromatic nitrogens is 1. The summed E-state index contributed by atoms with van der Waals surface area (Å²) < 4.78 is 2.39. The van der Waals surface area contributed by atoms with Crippen molar-refractivity contribution in [2.75, 3.05) is 6.54 Å². The zero-order valence-corrected chi connectivity index (χ0v) is 13.3. The summed E-state index contributed by atoms with van der Waals surface area (Å²) in [5.41, 5.74) is 3.30. The predicted molar refractivity (Wildman–Crippen MR) is 83.5 cm³/mol. The van der Waals surface area contributed by atoms with Gasteiger partial charge in [0, 0.05) is 29.0 Å². The minimum atomic E-state index is 0.225. The lowest BCUT2D eigenvalue weighted by Crippen LogP contribution is -2.31. The van der Waals surface area contributed by atoms with E-state index in [2.05, 4.69) is 43.6 Å². The van der Waals surface area contributed by atoms with Crippen LogP contribution in [-0.2, 0) is 0 Å². The second kappa shape index (κ2) is 6.57. The minimum Gasteiger partial charge on any atom is -0.345 e. The normalized spacial score (nSPS) is 17.6. The first-order chi connectivity index (χ1) is 9.54. The average molecular weight is 276 g/mol. The summed E-state index contributed by atoms with van der Waals surface area (Å²) >= 11 is 0. The van der Waals surface area contributed by atoms with Gasteiger partial charge >= 0.3 is 0 Å². The molecule has 3 heteroatoms. The van der Waals surface area contributed by atoms with Crippen molar-refractivity contribution in [1.29, 1.82) is 0 Å². The van der Waals surface area contributed by atoms with E-state index in [0.717, 1.165) is 17.7 Å². The molecule has 1 heterocycles. The molecule has 1 atom stereocenters. The smallest absolute Gasteiger partial charge is 0.178 e. The van der Waals surface area contributed by atoms with Crippen molar-refractivity contribution < 1.29 is 4.79 Å². The van der Waals surface area contributed by atoms with Crippen molar-refractivity contribution in [1.82, 2.24) is 9.88 Å². The van der Waals surface area contributed by atoms with E-state index in [1.54, 1.807) is 0 Å². The first-order valence-electron chi connectivity index (χ1n) is 7.99. The van der Waals surface area contributed by atoms with Gasteiger partial charge in [-0.15, -0.1) is 0 Å². The number of nitrogens with one attached hydrogen (secondary N) is 1. The first-order valence-corrected chi connectivity index (χ1v) is 7.99. The molecule has 20 heavy (non-hydrogen) atoms. The van der Waals surface area contributed by atoms with E-state index in [1.807, 2.05) is 0 Å². The van der Waals surface area contributed by atoms with Gasteiger partial charge in [-0.2, -0.15) is 0 Å². The van der Waals surface area contributed by atoms with E-state index in [9.17, 15) is 4.79 Å². The van der Waals surface area contributed by atoms with Crippen molar-refractivity contribution >= 4 is 5.78 Å². The number of hydrogen-bond acceptors (Lipinski definition) is 2. The van der Waals surface area contributed by atoms with Crippen LogP contribution in [-0.4, -0.2) is 22.9 Å². The SMILES string of the molecule is CCC(C)NCC(=O)c1cc(C)n(C2CCCC2)c1C. The summed E-state index contributed by atoms with van der Waals surface area (Å²) in [6, 6.07) is 3.09. The number of aryl methyl sites for hydroxylation is 1. The van der Waals surface area contributed by atoms with Crippen molar-refractivity contribution in [2.45, 2.75) is 71.9 Å². The molecule has 0 radical (unpaired) electrons. The Labute approximate surface area is 122 Å². The monoisotopic (exact) mass is 276 g/mol. The molecule has 0 bridgehead atoms. The highest BCUT2D eigenvalue weighted by molar-refractivity contribution is 5.99. The molecular weight excluding hydrogens is 248 g/mol. The molecule has 1 aliphatic carbocycles. The molecule has 0 amide bonds. The lowest BCUT2D eigenvalue weighted by atomic mass is 10.1. The molecule has 0 saturated heterocycles. The van der Waals surface area contributed by atoms with Gasteiger partial charge in [-0.3, -0.25) is 4.79 Å². The van der Waals surface area contributed by atoms with Gasteiger partial charge in [0.2, 0.25) is 0 Å². The fourth-order valence-electron chi connectivity index (χ4n) is 3.29. The van der Waals surface area contributed by atoms with Gasteiger partial charge in [0.25, 0.3) is 0 Å². The van der Waals surface area contributed by atoms with Crippen molar-refractivity contribution in [3.05, 3.63) is 23.0 Å². The van der Waals surface area contributed by atoms with Crippen LogP contribution < -0.4 is 5.32 Å². The topological polar surface area (TPSA) is 34.0 Å². The Morgan fingerprint density at radius 2 is 2.05 bits per heavy atom. The Morgan fingerprint density at radius 1 is 1.40 bits per heavy atom. The lowest BCUT2D eigenvalue weighted by molar-refractivity contribution is 0.0987. The molecule has 112 valence electrons. The molecule has 1 unspecified atom stereocenters. The van der Waals surface area contributed by atoms with Crippen LogP contribution in [0.1, 0.15) is 73.7 Å². The van der Waals surface area contributed by atoms with Crippen LogP contribution >= 0.6 is 0 Å². The number of Topliss-reactive ketones (excluding diaryl/α,β-unsaturated/α-hetero) is 1. The van der Waals surface area contributed by atoms with Crippen LogP contribution in [0.5, 0.6) is 0 Å². The molecule has 1 aliphatic rings. The fraction of sp³-hybridized carbons (Fsp3) is 0.706. The summed E-state index contributed by atoms with van der Waals surface area (Å²) in [6.07, 6.45) is 6.21. The fourth-order valence-corrected chi connectivity index (χ4v) is 3.29. The summed E-state index contributed by atoms with van der Waals surface area (Å²) in [4.78, 5) is 12.4. The summed E-state index contributed by atoms with van der Waals surface area (Å²) in [7, 11) is 0. The predicted octanol–water partition coefficient (Wildman–Crippen LogP) is 3.79. The number of hydrogen-bond donors (Lipinski definition) is 1. The molecule has 3 nitrogen and oxygen atoms in total. The number of carbonyl (C=O) groups excluding carboxylic acids is 1. The molecule has 0 aromatic carbocycles. The third kappa shape index (κ3) is 3.14. The second-order valence-corrected chi connectivity index (χ2v) is 6.21. The summed E-state index contributed by atoms with van der Waals surface area (Å²) in [5, 5.41) is 3.30. The van der Waals surface area contributed by atoms with Crippen molar-refractivity contribution in [2.24, 2.45) is 0 Å². The molecule has 1 aromatic heterocycles. The maximum Gasteiger partial charge on any atom is 0.178 e. The van der Waals surface area contributed by atoms with Crippen LogP contribution in [0, 0.1) is 13.8 Å². The Kier molecular flexibility index (Phi) is 5.03. The molecule has 0 aliphatic heterocycles. The molecular formula is C17H28N2O. The van der Waals surface area contributed by atoms with Crippen LogP contribution in [0.3, 0.4) is 0 Å². The highest BCUT2D eigenvalue weighted by atomic mass is 16.1. The van der Waals surface area contributed by atoms with Crippen LogP contribution in [0.4, 0.5) is 0 Å². The summed E-state index contributed by atoms with van der Waals surface area (Å²) in [6.45, 7) is 8.93. The number of rotatable bonds is 6. The molecule has 1 N–H and O–H groups in total. The van der Waals surface area contributed by atoms with Crippen LogP contribution in [0.2, 0.25) is 0 Å². The molecule has 0 spiro atoms.